The van der Waals surface area contributed by atoms with Crippen molar-refractivity contribution >= 4 is 5.97 Å². The molecular weight excluding hydrogens is 216 g/mol. The lowest BCUT2D eigenvalue weighted by atomic mass is 10.4. The molecule has 0 spiro atoms. The number of carbonyl (C=O) groups is 1. The Kier molecular flexibility index (Phi) is 18.1. The van der Waals surface area contributed by atoms with Crippen molar-refractivity contribution in [2.45, 2.75) is 27.7 Å². The molecule has 3 heteroatoms. The van der Waals surface area contributed by atoms with Crippen molar-refractivity contribution in [1.29, 1.82) is 0 Å². The average molecular weight is 240 g/mol. The van der Waals surface area contributed by atoms with Gasteiger partial charge in [0.25, 0.3) is 0 Å². The molecule has 0 radical (unpaired) electrons. The van der Waals surface area contributed by atoms with E-state index in [9.17, 15) is 4.79 Å². The predicted molar refractivity (Wildman–Crippen MR) is 70.9 cm³/mol. The maximum absolute atomic E-state index is 9.82. The van der Waals surface area contributed by atoms with Gasteiger partial charge in [0.05, 0.1) is 6.61 Å². The highest BCUT2D eigenvalue weighted by Crippen LogP contribution is 1.79. The van der Waals surface area contributed by atoms with Crippen LogP contribution >= 0.6 is 0 Å². The SMILES string of the molecule is CCOC(C)=O.CCOCC.c1ccccc1. The first-order valence-corrected chi connectivity index (χ1v) is 5.90. The predicted octanol–water partition coefficient (Wildman–Crippen LogP) is 3.30. The van der Waals surface area contributed by atoms with E-state index in [4.69, 9.17) is 4.74 Å². The summed E-state index contributed by atoms with van der Waals surface area (Å²) < 4.78 is 9.24. The second-order valence-electron chi connectivity index (χ2n) is 2.86. The van der Waals surface area contributed by atoms with Crippen molar-refractivity contribution in [3.63, 3.8) is 0 Å². The van der Waals surface area contributed by atoms with Crippen LogP contribution in [-0.4, -0.2) is 25.8 Å². The van der Waals surface area contributed by atoms with Crippen LogP contribution < -0.4 is 0 Å². The lowest BCUT2D eigenvalue weighted by Gasteiger charge is -1.89. The third-order valence-corrected chi connectivity index (χ3v) is 1.42. The van der Waals surface area contributed by atoms with E-state index in [1.807, 2.05) is 50.2 Å². The summed E-state index contributed by atoms with van der Waals surface area (Å²) in [6, 6.07) is 12.0. The number of esters is 1. The van der Waals surface area contributed by atoms with Crippen LogP contribution in [0.2, 0.25) is 0 Å². The minimum absolute atomic E-state index is 0.211. The Balaban J connectivity index is 0. The molecule has 0 amide bonds. The molecule has 0 aliphatic heterocycles. The fourth-order valence-electron chi connectivity index (χ4n) is 0.792. The Hall–Kier alpha value is -1.35. The maximum atomic E-state index is 9.82. The van der Waals surface area contributed by atoms with E-state index in [-0.39, 0.29) is 5.97 Å². The van der Waals surface area contributed by atoms with Crippen LogP contribution in [0.4, 0.5) is 0 Å². The Morgan fingerprint density at radius 3 is 1.24 bits per heavy atom. The number of rotatable bonds is 3. The van der Waals surface area contributed by atoms with Crippen LogP contribution in [0.1, 0.15) is 27.7 Å². The summed E-state index contributed by atoms with van der Waals surface area (Å²) in [5, 5.41) is 0. The molecule has 0 unspecified atom stereocenters. The maximum Gasteiger partial charge on any atom is 0.302 e. The fraction of sp³-hybridized carbons (Fsp3) is 0.500. The molecular formula is C14H24O3. The molecule has 1 rings (SSSR count). The molecule has 0 aliphatic rings. The van der Waals surface area contributed by atoms with Crippen molar-refractivity contribution in [3.8, 4) is 0 Å². The van der Waals surface area contributed by atoms with Gasteiger partial charge in [-0.25, -0.2) is 0 Å². The van der Waals surface area contributed by atoms with E-state index in [0.717, 1.165) is 13.2 Å². The van der Waals surface area contributed by atoms with Gasteiger partial charge in [-0.3, -0.25) is 4.79 Å². The van der Waals surface area contributed by atoms with Gasteiger partial charge in [-0.1, -0.05) is 36.4 Å². The van der Waals surface area contributed by atoms with E-state index in [2.05, 4.69) is 4.74 Å². The minimum Gasteiger partial charge on any atom is -0.466 e. The third-order valence-electron chi connectivity index (χ3n) is 1.42. The Morgan fingerprint density at radius 2 is 1.18 bits per heavy atom. The van der Waals surface area contributed by atoms with Gasteiger partial charge in [0, 0.05) is 20.1 Å². The lowest BCUT2D eigenvalue weighted by Crippen LogP contribution is -1.95. The largest absolute Gasteiger partial charge is 0.466 e. The third kappa shape index (κ3) is 25.2. The number of ether oxygens (including phenoxy) is 2. The van der Waals surface area contributed by atoms with Crippen LogP contribution in [0.25, 0.3) is 0 Å². The molecule has 0 N–H and O–H groups in total. The first-order chi connectivity index (χ1) is 8.18. The zero-order valence-electron chi connectivity index (χ0n) is 11.3. The molecule has 0 saturated heterocycles. The van der Waals surface area contributed by atoms with Crippen molar-refractivity contribution in [2.75, 3.05) is 19.8 Å². The van der Waals surface area contributed by atoms with Crippen molar-refractivity contribution < 1.29 is 14.3 Å². The summed E-state index contributed by atoms with van der Waals surface area (Å²) in [5.41, 5.74) is 0. The van der Waals surface area contributed by atoms with E-state index in [1.165, 1.54) is 6.92 Å². The summed E-state index contributed by atoms with van der Waals surface area (Å²) in [6.07, 6.45) is 0. The summed E-state index contributed by atoms with van der Waals surface area (Å²) in [4.78, 5) is 9.82. The standard InChI is InChI=1S/C6H6.C4H8O2.C4H10O/c1-2-4-6-5-3-1;1-3-6-4(2)5;1-3-5-4-2/h1-6H;3H2,1-2H3;3-4H2,1-2H3. The van der Waals surface area contributed by atoms with Crippen molar-refractivity contribution in [3.05, 3.63) is 36.4 Å². The molecule has 0 atom stereocenters. The zero-order valence-corrected chi connectivity index (χ0v) is 11.3. The second-order valence-corrected chi connectivity index (χ2v) is 2.86. The van der Waals surface area contributed by atoms with Gasteiger partial charge < -0.3 is 9.47 Å². The van der Waals surface area contributed by atoms with Gasteiger partial charge in [-0.05, 0) is 20.8 Å². The monoisotopic (exact) mass is 240 g/mol. The van der Waals surface area contributed by atoms with E-state index < -0.39 is 0 Å². The molecule has 0 heterocycles. The van der Waals surface area contributed by atoms with Gasteiger partial charge in [0.15, 0.2) is 0 Å². The van der Waals surface area contributed by atoms with Gasteiger partial charge in [-0.15, -0.1) is 0 Å². The number of hydrogen-bond acceptors (Lipinski definition) is 3. The first kappa shape index (κ1) is 18.0. The Bertz CT molecular complexity index is 206. The highest BCUT2D eigenvalue weighted by molar-refractivity contribution is 5.65. The van der Waals surface area contributed by atoms with Crippen LogP contribution in [0.5, 0.6) is 0 Å². The number of carbonyl (C=O) groups excluding carboxylic acids is 1. The van der Waals surface area contributed by atoms with Crippen molar-refractivity contribution in [1.82, 2.24) is 0 Å². The van der Waals surface area contributed by atoms with Gasteiger partial charge in [0.1, 0.15) is 0 Å². The topological polar surface area (TPSA) is 35.5 Å². The number of benzene rings is 1. The Morgan fingerprint density at radius 1 is 0.824 bits per heavy atom. The van der Waals surface area contributed by atoms with E-state index in [0.29, 0.717) is 6.61 Å². The summed E-state index contributed by atoms with van der Waals surface area (Å²) in [7, 11) is 0. The molecule has 98 valence electrons. The highest BCUT2D eigenvalue weighted by atomic mass is 16.5. The average Bonchev–Trinajstić information content (AvgIpc) is 2.34. The summed E-state index contributed by atoms with van der Waals surface area (Å²) >= 11 is 0. The summed E-state index contributed by atoms with van der Waals surface area (Å²) in [6.45, 7) is 9.32. The van der Waals surface area contributed by atoms with Gasteiger partial charge in [0.2, 0.25) is 0 Å². The molecule has 0 aromatic heterocycles. The molecule has 0 fully saturated rings. The van der Waals surface area contributed by atoms with E-state index in [1.54, 1.807) is 6.92 Å². The molecule has 1 aromatic rings. The van der Waals surface area contributed by atoms with Gasteiger partial charge >= 0.3 is 5.97 Å². The zero-order chi connectivity index (χ0) is 13.4. The van der Waals surface area contributed by atoms with Crippen LogP contribution in [-0.2, 0) is 14.3 Å². The van der Waals surface area contributed by atoms with E-state index >= 15 is 0 Å². The van der Waals surface area contributed by atoms with Crippen LogP contribution in [0, 0.1) is 0 Å². The molecule has 0 bridgehead atoms. The summed E-state index contributed by atoms with van der Waals surface area (Å²) in [5.74, 6) is -0.211. The molecule has 1 aromatic carbocycles. The van der Waals surface area contributed by atoms with Gasteiger partial charge in [-0.2, -0.15) is 0 Å². The fourth-order valence-corrected chi connectivity index (χ4v) is 0.792. The quantitative estimate of drug-likeness (QED) is 0.760. The normalized spacial score (nSPS) is 8.00. The lowest BCUT2D eigenvalue weighted by molar-refractivity contribution is -0.140. The highest BCUT2D eigenvalue weighted by Gasteiger charge is 1.81. The van der Waals surface area contributed by atoms with Crippen LogP contribution in [0.15, 0.2) is 36.4 Å². The first-order valence-electron chi connectivity index (χ1n) is 5.90. The Labute approximate surface area is 105 Å². The second kappa shape index (κ2) is 17.1. The van der Waals surface area contributed by atoms with Crippen molar-refractivity contribution in [2.24, 2.45) is 0 Å². The molecule has 17 heavy (non-hydrogen) atoms. The smallest absolute Gasteiger partial charge is 0.302 e. The molecule has 3 nitrogen and oxygen atoms in total. The number of hydrogen-bond donors (Lipinski definition) is 0. The van der Waals surface area contributed by atoms with Crippen LogP contribution in [0.3, 0.4) is 0 Å². The minimum atomic E-state index is -0.211. The molecule has 0 saturated carbocycles. The molecule has 0 aliphatic carbocycles.